The van der Waals surface area contributed by atoms with Gasteiger partial charge in [-0.2, -0.15) is 0 Å². The lowest BCUT2D eigenvalue weighted by Gasteiger charge is -2.16. The van der Waals surface area contributed by atoms with E-state index in [-0.39, 0.29) is 18.6 Å². The monoisotopic (exact) mass is 278 g/mol. The average Bonchev–Trinajstić information content (AvgIpc) is 3.29. The number of ether oxygens (including phenoxy) is 2. The van der Waals surface area contributed by atoms with Crippen LogP contribution in [0.1, 0.15) is 19.8 Å². The SMILES string of the molecule is CCOc1ccc(OCC(=O)NC(CN)C2CC2)cc1. The molecule has 0 bridgehead atoms. The second-order valence-electron chi connectivity index (χ2n) is 4.94. The smallest absolute Gasteiger partial charge is 0.258 e. The molecule has 1 atom stereocenters. The molecule has 5 nitrogen and oxygen atoms in total. The van der Waals surface area contributed by atoms with Crippen LogP contribution < -0.4 is 20.5 Å². The van der Waals surface area contributed by atoms with Crippen LogP contribution in [-0.2, 0) is 4.79 Å². The Kier molecular flexibility index (Phi) is 5.24. The van der Waals surface area contributed by atoms with Gasteiger partial charge in [0.25, 0.3) is 5.91 Å². The summed E-state index contributed by atoms with van der Waals surface area (Å²) < 4.78 is 10.8. The first-order valence-corrected chi connectivity index (χ1v) is 7.08. The third kappa shape index (κ3) is 4.42. The van der Waals surface area contributed by atoms with Gasteiger partial charge in [-0.05, 0) is 49.9 Å². The lowest BCUT2D eigenvalue weighted by Crippen LogP contribution is -2.43. The standard InChI is InChI=1S/C15H22N2O3/c1-2-19-12-5-7-13(8-6-12)20-10-15(18)17-14(9-16)11-3-4-11/h5-8,11,14H,2-4,9-10,16H2,1H3,(H,17,18). The van der Waals surface area contributed by atoms with Crippen molar-refractivity contribution >= 4 is 5.91 Å². The second-order valence-corrected chi connectivity index (χ2v) is 4.94. The summed E-state index contributed by atoms with van der Waals surface area (Å²) in [6, 6.07) is 7.32. The topological polar surface area (TPSA) is 73.6 Å². The largest absolute Gasteiger partial charge is 0.494 e. The first-order chi connectivity index (χ1) is 9.72. The molecule has 0 aliphatic heterocycles. The summed E-state index contributed by atoms with van der Waals surface area (Å²) >= 11 is 0. The van der Waals surface area contributed by atoms with E-state index in [1.54, 1.807) is 12.1 Å². The van der Waals surface area contributed by atoms with Crippen LogP contribution >= 0.6 is 0 Å². The van der Waals surface area contributed by atoms with E-state index in [4.69, 9.17) is 15.2 Å². The van der Waals surface area contributed by atoms with Crippen molar-refractivity contribution in [1.82, 2.24) is 5.32 Å². The highest BCUT2D eigenvalue weighted by atomic mass is 16.5. The highest BCUT2D eigenvalue weighted by Gasteiger charge is 2.31. The average molecular weight is 278 g/mol. The van der Waals surface area contributed by atoms with Gasteiger partial charge in [0.1, 0.15) is 11.5 Å². The molecule has 1 unspecified atom stereocenters. The van der Waals surface area contributed by atoms with Gasteiger partial charge in [0, 0.05) is 12.6 Å². The quantitative estimate of drug-likeness (QED) is 0.752. The molecule has 2 rings (SSSR count). The Morgan fingerprint density at radius 1 is 1.30 bits per heavy atom. The Labute approximate surface area is 119 Å². The zero-order valence-corrected chi connectivity index (χ0v) is 11.8. The van der Waals surface area contributed by atoms with E-state index in [0.717, 1.165) is 18.6 Å². The zero-order chi connectivity index (χ0) is 14.4. The summed E-state index contributed by atoms with van der Waals surface area (Å²) in [6.07, 6.45) is 2.31. The third-order valence-corrected chi connectivity index (χ3v) is 3.30. The van der Waals surface area contributed by atoms with Crippen LogP contribution in [-0.4, -0.2) is 31.7 Å². The number of nitrogens with two attached hydrogens (primary N) is 1. The molecule has 20 heavy (non-hydrogen) atoms. The predicted octanol–water partition coefficient (Wildman–Crippen LogP) is 1.32. The molecular formula is C15H22N2O3. The molecule has 3 N–H and O–H groups in total. The molecule has 0 heterocycles. The molecule has 1 amide bonds. The first kappa shape index (κ1) is 14.7. The molecular weight excluding hydrogens is 256 g/mol. The fourth-order valence-corrected chi connectivity index (χ4v) is 2.06. The molecule has 5 heteroatoms. The number of nitrogens with one attached hydrogen (secondary N) is 1. The molecule has 0 radical (unpaired) electrons. The Morgan fingerprint density at radius 2 is 1.90 bits per heavy atom. The summed E-state index contributed by atoms with van der Waals surface area (Å²) in [7, 11) is 0. The Hall–Kier alpha value is -1.75. The number of hydrogen-bond acceptors (Lipinski definition) is 4. The van der Waals surface area contributed by atoms with Gasteiger partial charge in [0.05, 0.1) is 6.61 Å². The van der Waals surface area contributed by atoms with Gasteiger partial charge < -0.3 is 20.5 Å². The minimum atomic E-state index is -0.124. The number of rotatable bonds is 8. The number of carbonyl (C=O) groups excluding carboxylic acids is 1. The Balaban J connectivity index is 1.74. The summed E-state index contributed by atoms with van der Waals surface area (Å²) in [5, 5.41) is 2.92. The molecule has 1 aliphatic carbocycles. The van der Waals surface area contributed by atoms with Crippen molar-refractivity contribution in [2.45, 2.75) is 25.8 Å². The van der Waals surface area contributed by atoms with Crippen LogP contribution in [0.3, 0.4) is 0 Å². The fraction of sp³-hybridized carbons (Fsp3) is 0.533. The number of benzene rings is 1. The minimum Gasteiger partial charge on any atom is -0.494 e. The Bertz CT molecular complexity index is 429. The van der Waals surface area contributed by atoms with E-state index in [0.29, 0.717) is 24.8 Å². The van der Waals surface area contributed by atoms with Crippen LogP contribution in [0, 0.1) is 5.92 Å². The van der Waals surface area contributed by atoms with Crippen molar-refractivity contribution in [3.05, 3.63) is 24.3 Å². The van der Waals surface area contributed by atoms with Crippen molar-refractivity contribution < 1.29 is 14.3 Å². The number of carbonyl (C=O) groups is 1. The van der Waals surface area contributed by atoms with Gasteiger partial charge in [0.2, 0.25) is 0 Å². The van der Waals surface area contributed by atoms with Crippen molar-refractivity contribution in [1.29, 1.82) is 0 Å². The maximum atomic E-state index is 11.8. The summed E-state index contributed by atoms with van der Waals surface area (Å²) in [6.45, 7) is 3.06. The van der Waals surface area contributed by atoms with Gasteiger partial charge in [-0.15, -0.1) is 0 Å². The molecule has 0 spiro atoms. The lowest BCUT2D eigenvalue weighted by molar-refractivity contribution is -0.123. The predicted molar refractivity (Wildman–Crippen MR) is 76.8 cm³/mol. The van der Waals surface area contributed by atoms with Crippen molar-refractivity contribution in [2.75, 3.05) is 19.8 Å². The van der Waals surface area contributed by atoms with E-state index in [9.17, 15) is 4.79 Å². The summed E-state index contributed by atoms with van der Waals surface area (Å²) in [5.41, 5.74) is 5.64. The van der Waals surface area contributed by atoms with Gasteiger partial charge in [-0.3, -0.25) is 4.79 Å². The maximum Gasteiger partial charge on any atom is 0.258 e. The first-order valence-electron chi connectivity index (χ1n) is 7.08. The van der Waals surface area contributed by atoms with E-state index in [2.05, 4.69) is 5.32 Å². The van der Waals surface area contributed by atoms with E-state index >= 15 is 0 Å². The molecule has 1 aliphatic rings. The van der Waals surface area contributed by atoms with E-state index < -0.39 is 0 Å². The van der Waals surface area contributed by atoms with Crippen LogP contribution in [0.2, 0.25) is 0 Å². The van der Waals surface area contributed by atoms with Crippen molar-refractivity contribution in [2.24, 2.45) is 11.7 Å². The van der Waals surface area contributed by atoms with Crippen LogP contribution in [0.4, 0.5) is 0 Å². The van der Waals surface area contributed by atoms with Gasteiger partial charge >= 0.3 is 0 Å². The lowest BCUT2D eigenvalue weighted by atomic mass is 10.2. The van der Waals surface area contributed by atoms with E-state index in [1.807, 2.05) is 19.1 Å². The fourth-order valence-electron chi connectivity index (χ4n) is 2.06. The highest BCUT2D eigenvalue weighted by Crippen LogP contribution is 2.32. The molecule has 110 valence electrons. The molecule has 0 aromatic heterocycles. The molecule has 1 aromatic rings. The van der Waals surface area contributed by atoms with Crippen LogP contribution in [0.5, 0.6) is 11.5 Å². The molecule has 1 aromatic carbocycles. The summed E-state index contributed by atoms with van der Waals surface area (Å²) in [5.74, 6) is 1.87. The van der Waals surface area contributed by atoms with Gasteiger partial charge in [0.15, 0.2) is 6.61 Å². The minimum absolute atomic E-state index is 0.0111. The Morgan fingerprint density at radius 3 is 2.40 bits per heavy atom. The highest BCUT2D eigenvalue weighted by molar-refractivity contribution is 5.78. The molecule has 1 fully saturated rings. The number of hydrogen-bond donors (Lipinski definition) is 2. The molecule has 0 saturated heterocycles. The third-order valence-electron chi connectivity index (χ3n) is 3.30. The van der Waals surface area contributed by atoms with Gasteiger partial charge in [-0.1, -0.05) is 0 Å². The van der Waals surface area contributed by atoms with Crippen molar-refractivity contribution in [3.8, 4) is 11.5 Å². The van der Waals surface area contributed by atoms with Crippen LogP contribution in [0.25, 0.3) is 0 Å². The van der Waals surface area contributed by atoms with Gasteiger partial charge in [-0.25, -0.2) is 0 Å². The molecule has 1 saturated carbocycles. The normalized spacial score (nSPS) is 15.5. The number of amides is 1. The maximum absolute atomic E-state index is 11.8. The van der Waals surface area contributed by atoms with Crippen LogP contribution in [0.15, 0.2) is 24.3 Å². The zero-order valence-electron chi connectivity index (χ0n) is 11.8. The van der Waals surface area contributed by atoms with Crippen molar-refractivity contribution in [3.63, 3.8) is 0 Å². The summed E-state index contributed by atoms with van der Waals surface area (Å²) in [4.78, 5) is 11.8. The second kappa shape index (κ2) is 7.14. The van der Waals surface area contributed by atoms with E-state index in [1.165, 1.54) is 0 Å².